The molecule has 0 aliphatic carbocycles. The van der Waals surface area contributed by atoms with Gasteiger partial charge in [-0.15, -0.1) is 13.2 Å². The van der Waals surface area contributed by atoms with Crippen LogP contribution in [-0.4, -0.2) is 36.4 Å². The van der Waals surface area contributed by atoms with Crippen LogP contribution in [0.4, 0.5) is 22.0 Å². The molecule has 22 heavy (non-hydrogen) atoms. The number of piperidine rings is 1. The van der Waals surface area contributed by atoms with Crippen molar-refractivity contribution in [3.05, 3.63) is 29.6 Å². The summed E-state index contributed by atoms with van der Waals surface area (Å²) in [5.41, 5.74) is 0.206. The summed E-state index contributed by atoms with van der Waals surface area (Å²) in [5.74, 6) is -2.54. The molecule has 8 heteroatoms. The van der Waals surface area contributed by atoms with Crippen molar-refractivity contribution in [2.45, 2.75) is 31.8 Å². The summed E-state index contributed by atoms with van der Waals surface area (Å²) in [7, 11) is 0. The molecule has 1 aromatic rings. The van der Waals surface area contributed by atoms with Crippen LogP contribution in [0, 0.1) is 5.82 Å². The Hall–Kier alpha value is -1.86. The highest BCUT2D eigenvalue weighted by atomic mass is 19.4. The van der Waals surface area contributed by atoms with Crippen molar-refractivity contribution in [2.24, 2.45) is 0 Å². The average molecular weight is 323 g/mol. The van der Waals surface area contributed by atoms with E-state index in [4.69, 9.17) is 0 Å². The number of benzene rings is 1. The summed E-state index contributed by atoms with van der Waals surface area (Å²) < 4.78 is 66.3. The first-order valence-corrected chi connectivity index (χ1v) is 6.70. The Morgan fingerprint density at radius 3 is 2.68 bits per heavy atom. The van der Waals surface area contributed by atoms with Gasteiger partial charge < -0.3 is 9.64 Å². The average Bonchev–Trinajstić information content (AvgIpc) is 2.40. The molecule has 1 saturated heterocycles. The van der Waals surface area contributed by atoms with Gasteiger partial charge in [0.15, 0.2) is 11.6 Å². The molecule has 1 amide bonds. The summed E-state index contributed by atoms with van der Waals surface area (Å²) in [6.45, 7) is 0.424. The second-order valence-electron chi connectivity index (χ2n) is 5.07. The Bertz CT molecular complexity index is 547. The molecule has 0 saturated carbocycles. The number of carbonyl (C=O) groups is 1. The predicted molar refractivity (Wildman–Crippen MR) is 67.5 cm³/mol. The van der Waals surface area contributed by atoms with E-state index in [0.29, 0.717) is 19.4 Å². The summed E-state index contributed by atoms with van der Waals surface area (Å²) in [6.07, 6.45) is -5.29. The highest BCUT2D eigenvalue weighted by Crippen LogP contribution is 2.26. The third-order valence-electron chi connectivity index (χ3n) is 3.29. The maximum absolute atomic E-state index is 13.5. The number of ether oxygens (including phenoxy) is 1. The van der Waals surface area contributed by atoms with Crippen LogP contribution >= 0.6 is 0 Å². The van der Waals surface area contributed by atoms with Gasteiger partial charge in [0.1, 0.15) is 6.17 Å². The van der Waals surface area contributed by atoms with Crippen LogP contribution in [0.3, 0.4) is 0 Å². The van der Waals surface area contributed by atoms with E-state index in [1.807, 2.05) is 0 Å². The Morgan fingerprint density at radius 1 is 1.36 bits per heavy atom. The number of nitrogens with zero attached hydrogens (tertiary/aromatic N) is 1. The van der Waals surface area contributed by atoms with Gasteiger partial charge in [0, 0.05) is 6.54 Å². The smallest absolute Gasteiger partial charge is 0.403 e. The van der Waals surface area contributed by atoms with Crippen LogP contribution in [0.15, 0.2) is 18.2 Å². The van der Waals surface area contributed by atoms with Gasteiger partial charge in [-0.3, -0.25) is 4.79 Å². The minimum atomic E-state index is -4.98. The first-order chi connectivity index (χ1) is 10.2. The van der Waals surface area contributed by atoms with Crippen LogP contribution in [0.5, 0.6) is 5.75 Å². The van der Waals surface area contributed by atoms with Crippen LogP contribution in [0.1, 0.15) is 18.4 Å². The fourth-order valence-electron chi connectivity index (χ4n) is 2.30. The largest absolute Gasteiger partial charge is 0.573 e. The lowest BCUT2D eigenvalue weighted by molar-refractivity contribution is -0.275. The van der Waals surface area contributed by atoms with Crippen LogP contribution in [-0.2, 0) is 11.2 Å². The molecular weight excluding hydrogens is 309 g/mol. The summed E-state index contributed by atoms with van der Waals surface area (Å²) >= 11 is 0. The topological polar surface area (TPSA) is 29.5 Å². The Morgan fingerprint density at radius 2 is 2.09 bits per heavy atom. The highest BCUT2D eigenvalue weighted by molar-refractivity contribution is 5.79. The summed E-state index contributed by atoms with van der Waals surface area (Å²) in [6, 6.07) is 2.81. The quantitative estimate of drug-likeness (QED) is 0.799. The number of carbonyl (C=O) groups excluding carboxylic acids is 1. The van der Waals surface area contributed by atoms with Crippen molar-refractivity contribution in [1.29, 1.82) is 0 Å². The van der Waals surface area contributed by atoms with E-state index in [2.05, 4.69) is 4.74 Å². The van der Waals surface area contributed by atoms with Crippen LogP contribution in [0.25, 0.3) is 0 Å². The number of halogens is 5. The Balaban J connectivity index is 2.01. The molecule has 1 heterocycles. The zero-order valence-corrected chi connectivity index (χ0v) is 11.5. The van der Waals surface area contributed by atoms with Gasteiger partial charge >= 0.3 is 6.36 Å². The lowest BCUT2D eigenvalue weighted by atomic mass is 10.1. The maximum Gasteiger partial charge on any atom is 0.573 e. The van der Waals surface area contributed by atoms with Crippen LogP contribution in [0.2, 0.25) is 0 Å². The Labute approximate surface area is 123 Å². The molecule has 0 bridgehead atoms. The standard InChI is InChI=1S/C14H14F5NO2/c15-10-2-1-5-20(8-10)13(21)7-9-3-4-12(11(16)6-9)22-14(17,18)19/h3-4,6,10H,1-2,5,7-8H2/t10-/m1/s1. The van der Waals surface area contributed by atoms with Crippen molar-refractivity contribution in [3.8, 4) is 5.75 Å². The van der Waals surface area contributed by atoms with Crippen molar-refractivity contribution < 1.29 is 31.5 Å². The van der Waals surface area contributed by atoms with Gasteiger partial charge in [-0.2, -0.15) is 0 Å². The fraction of sp³-hybridized carbons (Fsp3) is 0.500. The third-order valence-corrected chi connectivity index (χ3v) is 3.29. The van der Waals surface area contributed by atoms with Crippen molar-refractivity contribution in [1.82, 2.24) is 4.90 Å². The molecule has 0 unspecified atom stereocenters. The molecule has 0 aromatic heterocycles. The van der Waals surface area contributed by atoms with E-state index >= 15 is 0 Å². The molecule has 0 radical (unpaired) electrons. The van der Waals surface area contributed by atoms with Gasteiger partial charge in [0.25, 0.3) is 0 Å². The van der Waals surface area contributed by atoms with Gasteiger partial charge in [0.2, 0.25) is 5.91 Å². The number of alkyl halides is 4. The van der Waals surface area contributed by atoms with Gasteiger partial charge in [0.05, 0.1) is 13.0 Å². The van der Waals surface area contributed by atoms with E-state index in [-0.39, 0.29) is 24.4 Å². The van der Waals surface area contributed by atoms with Gasteiger partial charge in [-0.25, -0.2) is 8.78 Å². The van der Waals surface area contributed by atoms with E-state index in [9.17, 15) is 26.7 Å². The minimum absolute atomic E-state index is 0.00339. The Kier molecular flexibility index (Phi) is 4.87. The number of amides is 1. The number of rotatable bonds is 3. The lowest BCUT2D eigenvalue weighted by Crippen LogP contribution is -2.41. The van der Waals surface area contributed by atoms with Crippen molar-refractivity contribution in [2.75, 3.05) is 13.1 Å². The monoisotopic (exact) mass is 323 g/mol. The van der Waals surface area contributed by atoms with Gasteiger partial charge in [-0.05, 0) is 30.5 Å². The third kappa shape index (κ3) is 4.57. The molecule has 122 valence electrons. The first-order valence-electron chi connectivity index (χ1n) is 6.70. The predicted octanol–water partition coefficient (Wildman–Crippen LogP) is 3.23. The molecule has 1 atom stereocenters. The van der Waals surface area contributed by atoms with E-state index in [0.717, 1.165) is 12.1 Å². The second-order valence-corrected chi connectivity index (χ2v) is 5.07. The molecule has 1 fully saturated rings. The highest BCUT2D eigenvalue weighted by Gasteiger charge is 2.32. The van der Waals surface area contributed by atoms with E-state index in [1.165, 1.54) is 11.0 Å². The minimum Gasteiger partial charge on any atom is -0.403 e. The number of hydrogen-bond donors (Lipinski definition) is 0. The molecule has 0 spiro atoms. The zero-order valence-electron chi connectivity index (χ0n) is 11.5. The molecule has 1 aliphatic heterocycles. The SMILES string of the molecule is O=C(Cc1ccc(OC(F)(F)F)c(F)c1)N1CCC[C@@H](F)C1. The number of hydrogen-bond acceptors (Lipinski definition) is 2. The molecule has 1 aromatic carbocycles. The molecule has 2 rings (SSSR count). The van der Waals surface area contributed by atoms with E-state index < -0.39 is 24.1 Å². The maximum atomic E-state index is 13.5. The van der Waals surface area contributed by atoms with Crippen molar-refractivity contribution in [3.63, 3.8) is 0 Å². The number of likely N-dealkylation sites (tertiary alicyclic amines) is 1. The van der Waals surface area contributed by atoms with Gasteiger partial charge in [-0.1, -0.05) is 6.07 Å². The molecule has 1 aliphatic rings. The molecular formula is C14H14F5NO2. The fourth-order valence-corrected chi connectivity index (χ4v) is 2.30. The van der Waals surface area contributed by atoms with Crippen molar-refractivity contribution >= 4 is 5.91 Å². The lowest BCUT2D eigenvalue weighted by Gasteiger charge is -2.29. The second kappa shape index (κ2) is 6.50. The summed E-state index contributed by atoms with van der Waals surface area (Å²) in [5, 5.41) is 0. The van der Waals surface area contributed by atoms with Crippen LogP contribution < -0.4 is 4.74 Å². The first kappa shape index (κ1) is 16.5. The zero-order chi connectivity index (χ0) is 16.3. The molecule has 0 N–H and O–H groups in total. The molecule has 3 nitrogen and oxygen atoms in total. The normalized spacial score (nSPS) is 19.1. The summed E-state index contributed by atoms with van der Waals surface area (Å²) in [4.78, 5) is 13.3. The van der Waals surface area contributed by atoms with E-state index in [1.54, 1.807) is 0 Å².